The molecule has 0 fully saturated rings. The molecule has 7 nitrogen and oxygen atoms in total. The fourth-order valence-corrected chi connectivity index (χ4v) is 3.67. The van der Waals surface area contributed by atoms with E-state index in [0.717, 1.165) is 14.7 Å². The number of thiophene rings is 1. The summed E-state index contributed by atoms with van der Waals surface area (Å²) in [5, 5.41) is 9.39. The molecule has 116 valence electrons. The third-order valence-electron chi connectivity index (χ3n) is 2.99. The van der Waals surface area contributed by atoms with Gasteiger partial charge in [0.05, 0.1) is 19.1 Å². The second-order valence-corrected chi connectivity index (χ2v) is 7.36. The largest absolute Gasteiger partial charge is 0.469 e. The van der Waals surface area contributed by atoms with Crippen LogP contribution in [0.25, 0.3) is 0 Å². The lowest BCUT2D eigenvalue weighted by molar-refractivity contribution is -0.140. The molecule has 0 bridgehead atoms. The summed E-state index contributed by atoms with van der Waals surface area (Å²) >= 11 is 1.21. The summed E-state index contributed by atoms with van der Waals surface area (Å²) in [6.45, 7) is 3.58. The van der Waals surface area contributed by atoms with E-state index >= 15 is 0 Å². The van der Waals surface area contributed by atoms with Crippen LogP contribution in [0.15, 0.2) is 0 Å². The number of carbonyl (C=O) groups is 1. The number of anilines is 1. The number of aryl methyl sites for hydroxylation is 1. The van der Waals surface area contributed by atoms with Crippen molar-refractivity contribution in [3.63, 3.8) is 0 Å². The molecular weight excluding hydrogens is 314 g/mol. The Labute approximate surface area is 128 Å². The monoisotopic (exact) mass is 331 g/mol. The molecule has 1 N–H and O–H groups in total. The van der Waals surface area contributed by atoms with Gasteiger partial charge in [0.15, 0.2) is 0 Å². The maximum atomic E-state index is 12.1. The van der Waals surface area contributed by atoms with Crippen molar-refractivity contribution in [1.29, 1.82) is 5.26 Å². The lowest BCUT2D eigenvalue weighted by Gasteiger charge is -2.17. The predicted molar refractivity (Wildman–Crippen MR) is 80.3 cm³/mol. The Morgan fingerprint density at radius 1 is 1.48 bits per heavy atom. The average molecular weight is 331 g/mol. The zero-order chi connectivity index (χ0) is 16.2. The van der Waals surface area contributed by atoms with Crippen molar-refractivity contribution in [1.82, 2.24) is 4.31 Å². The van der Waals surface area contributed by atoms with Gasteiger partial charge in [0, 0.05) is 18.5 Å². The molecule has 0 atom stereocenters. The molecule has 21 heavy (non-hydrogen) atoms. The van der Waals surface area contributed by atoms with E-state index in [1.54, 1.807) is 6.92 Å². The number of hydrogen-bond acceptors (Lipinski definition) is 6. The van der Waals surface area contributed by atoms with Crippen molar-refractivity contribution in [3.8, 4) is 6.07 Å². The van der Waals surface area contributed by atoms with Crippen LogP contribution in [0, 0.1) is 25.2 Å². The summed E-state index contributed by atoms with van der Waals surface area (Å²) in [6, 6.07) is 2.00. The van der Waals surface area contributed by atoms with Crippen molar-refractivity contribution in [2.24, 2.45) is 0 Å². The van der Waals surface area contributed by atoms with E-state index in [0.29, 0.717) is 5.56 Å². The highest BCUT2D eigenvalue weighted by Gasteiger charge is 2.22. The van der Waals surface area contributed by atoms with Crippen molar-refractivity contribution in [3.05, 3.63) is 16.0 Å². The van der Waals surface area contributed by atoms with E-state index in [2.05, 4.69) is 9.46 Å². The lowest BCUT2D eigenvalue weighted by Crippen LogP contribution is -2.34. The molecule has 0 amide bonds. The first-order chi connectivity index (χ1) is 9.72. The number of rotatable bonds is 6. The Kier molecular flexibility index (Phi) is 5.71. The van der Waals surface area contributed by atoms with Crippen LogP contribution in [0.2, 0.25) is 0 Å². The van der Waals surface area contributed by atoms with Gasteiger partial charge in [-0.05, 0) is 19.4 Å². The average Bonchev–Trinajstić information content (AvgIpc) is 2.69. The van der Waals surface area contributed by atoms with Gasteiger partial charge in [-0.3, -0.25) is 9.52 Å². The molecular formula is C12H17N3O4S2. The van der Waals surface area contributed by atoms with E-state index in [1.807, 2.05) is 13.0 Å². The quantitative estimate of drug-likeness (QED) is 0.794. The first-order valence-electron chi connectivity index (χ1n) is 6.04. The Bertz CT molecular complexity index is 673. The Balaban J connectivity index is 2.88. The van der Waals surface area contributed by atoms with Gasteiger partial charge in [-0.25, -0.2) is 0 Å². The summed E-state index contributed by atoms with van der Waals surface area (Å²) in [6.07, 6.45) is -0.0402. The number of carbonyl (C=O) groups excluding carboxylic acids is 1. The zero-order valence-electron chi connectivity index (χ0n) is 12.3. The standard InChI is InChI=1S/C12H17N3O4S2/c1-8-9(2)20-12(10(8)7-13)14-21(17,18)15(3)6-5-11(16)19-4/h14H,5-6H2,1-4H3. The molecule has 0 aliphatic heterocycles. The van der Waals surface area contributed by atoms with Gasteiger partial charge in [0.1, 0.15) is 11.1 Å². The third-order valence-corrected chi connectivity index (χ3v) is 5.70. The number of nitrogens with one attached hydrogen (secondary N) is 1. The fourth-order valence-electron chi connectivity index (χ4n) is 1.50. The molecule has 0 spiro atoms. The van der Waals surface area contributed by atoms with Crippen LogP contribution in [-0.2, 0) is 19.7 Å². The lowest BCUT2D eigenvalue weighted by atomic mass is 10.2. The Morgan fingerprint density at radius 2 is 2.10 bits per heavy atom. The van der Waals surface area contributed by atoms with Crippen molar-refractivity contribution >= 4 is 32.5 Å². The second-order valence-electron chi connectivity index (χ2n) is 4.35. The number of nitriles is 1. The molecule has 1 heterocycles. The van der Waals surface area contributed by atoms with Crippen LogP contribution in [0.4, 0.5) is 5.00 Å². The van der Waals surface area contributed by atoms with Gasteiger partial charge >= 0.3 is 16.2 Å². The molecule has 1 rings (SSSR count). The molecule has 0 radical (unpaired) electrons. The minimum absolute atomic E-state index is 0.00671. The Morgan fingerprint density at radius 3 is 2.62 bits per heavy atom. The van der Waals surface area contributed by atoms with Crippen LogP contribution in [-0.4, -0.2) is 39.4 Å². The number of nitrogens with zero attached hydrogens (tertiary/aromatic N) is 2. The van der Waals surface area contributed by atoms with E-state index in [4.69, 9.17) is 5.26 Å². The molecule has 0 aliphatic rings. The highest BCUT2D eigenvalue weighted by Crippen LogP contribution is 2.32. The van der Waals surface area contributed by atoms with Gasteiger partial charge in [0.25, 0.3) is 0 Å². The van der Waals surface area contributed by atoms with Crippen LogP contribution in [0.3, 0.4) is 0 Å². The van der Waals surface area contributed by atoms with E-state index in [9.17, 15) is 13.2 Å². The summed E-state index contributed by atoms with van der Waals surface area (Å²) in [5.74, 6) is -0.488. The second kappa shape index (κ2) is 6.89. The minimum Gasteiger partial charge on any atom is -0.469 e. The first kappa shape index (κ1) is 17.4. The van der Waals surface area contributed by atoms with Crippen molar-refractivity contribution in [2.75, 3.05) is 25.4 Å². The van der Waals surface area contributed by atoms with Crippen molar-refractivity contribution in [2.45, 2.75) is 20.3 Å². The maximum absolute atomic E-state index is 12.1. The van der Waals surface area contributed by atoms with E-state index in [1.165, 1.54) is 25.5 Å². The molecule has 1 aromatic rings. The third kappa shape index (κ3) is 4.17. The fraction of sp³-hybridized carbons (Fsp3) is 0.500. The van der Waals surface area contributed by atoms with Crippen LogP contribution >= 0.6 is 11.3 Å². The molecule has 0 unspecified atom stereocenters. The van der Waals surface area contributed by atoms with Crippen LogP contribution in [0.5, 0.6) is 0 Å². The normalized spacial score (nSPS) is 11.2. The van der Waals surface area contributed by atoms with Gasteiger partial charge in [-0.1, -0.05) is 0 Å². The minimum atomic E-state index is -3.82. The zero-order valence-corrected chi connectivity index (χ0v) is 13.9. The SMILES string of the molecule is COC(=O)CCN(C)S(=O)(=O)Nc1sc(C)c(C)c1C#N. The van der Waals surface area contributed by atoms with E-state index < -0.39 is 16.2 Å². The number of hydrogen-bond donors (Lipinski definition) is 1. The predicted octanol–water partition coefficient (Wildman–Crippen LogP) is 1.39. The summed E-state index contributed by atoms with van der Waals surface area (Å²) < 4.78 is 32.2. The van der Waals surface area contributed by atoms with Gasteiger partial charge < -0.3 is 4.74 Å². The Hall–Kier alpha value is -1.63. The van der Waals surface area contributed by atoms with Crippen LogP contribution < -0.4 is 4.72 Å². The molecule has 0 aliphatic carbocycles. The van der Waals surface area contributed by atoms with E-state index in [-0.39, 0.29) is 18.0 Å². The highest BCUT2D eigenvalue weighted by molar-refractivity contribution is 7.90. The molecule has 0 saturated heterocycles. The van der Waals surface area contributed by atoms with Gasteiger partial charge in [-0.2, -0.15) is 18.0 Å². The number of ether oxygens (including phenoxy) is 1. The summed E-state index contributed by atoms with van der Waals surface area (Å²) in [5.41, 5.74) is 1.08. The molecule has 1 aromatic heterocycles. The number of esters is 1. The van der Waals surface area contributed by atoms with Crippen LogP contribution in [0.1, 0.15) is 22.4 Å². The van der Waals surface area contributed by atoms with Gasteiger partial charge in [0.2, 0.25) is 0 Å². The summed E-state index contributed by atoms with van der Waals surface area (Å²) in [7, 11) is -1.23. The molecule has 0 aromatic carbocycles. The van der Waals surface area contributed by atoms with Crippen molar-refractivity contribution < 1.29 is 17.9 Å². The maximum Gasteiger partial charge on any atom is 0.306 e. The topological polar surface area (TPSA) is 99.5 Å². The summed E-state index contributed by atoms with van der Waals surface area (Å²) in [4.78, 5) is 11.9. The molecule has 0 saturated carbocycles. The number of methoxy groups -OCH3 is 1. The highest BCUT2D eigenvalue weighted by atomic mass is 32.2. The molecule has 9 heteroatoms. The van der Waals surface area contributed by atoms with Gasteiger partial charge in [-0.15, -0.1) is 11.3 Å². The smallest absolute Gasteiger partial charge is 0.306 e. The first-order valence-corrected chi connectivity index (χ1v) is 8.29.